The minimum absolute atomic E-state index is 0.134. The van der Waals surface area contributed by atoms with Gasteiger partial charge < -0.3 is 15.2 Å². The Labute approximate surface area is 92.7 Å². The standard InChI is InChI=1S/C10H24NO3P/c1-3-10(2)14-15(12,13)9-7-5-4-6-8-11/h10H,3-9,11H2,1-2H3,(H,12,13). The van der Waals surface area contributed by atoms with Crippen molar-refractivity contribution >= 4 is 7.60 Å². The first-order valence-electron chi connectivity index (χ1n) is 5.72. The highest BCUT2D eigenvalue weighted by molar-refractivity contribution is 7.52. The second-order valence-corrected chi connectivity index (χ2v) is 5.82. The minimum atomic E-state index is -3.35. The van der Waals surface area contributed by atoms with Crippen molar-refractivity contribution in [3.05, 3.63) is 0 Å². The molecule has 0 rings (SSSR count). The van der Waals surface area contributed by atoms with Gasteiger partial charge in [-0.25, -0.2) is 0 Å². The fraction of sp³-hybridized carbons (Fsp3) is 1.00. The highest BCUT2D eigenvalue weighted by Crippen LogP contribution is 2.44. The van der Waals surface area contributed by atoms with Crippen LogP contribution in [0, 0.1) is 0 Å². The van der Waals surface area contributed by atoms with Crippen molar-refractivity contribution in [1.29, 1.82) is 0 Å². The van der Waals surface area contributed by atoms with Gasteiger partial charge in [0.15, 0.2) is 0 Å². The van der Waals surface area contributed by atoms with Crippen LogP contribution in [0.25, 0.3) is 0 Å². The summed E-state index contributed by atoms with van der Waals surface area (Å²) in [5.41, 5.74) is 5.35. The number of hydrogen-bond donors (Lipinski definition) is 2. The normalized spacial score (nSPS) is 17.3. The Morgan fingerprint density at radius 2 is 1.93 bits per heavy atom. The number of rotatable bonds is 9. The summed E-state index contributed by atoms with van der Waals surface area (Å²) in [6, 6.07) is 0. The molecule has 5 heteroatoms. The molecule has 15 heavy (non-hydrogen) atoms. The molecule has 92 valence electrons. The predicted octanol–water partition coefficient (Wildman–Crippen LogP) is 2.51. The molecule has 4 nitrogen and oxygen atoms in total. The molecule has 0 amide bonds. The highest BCUT2D eigenvalue weighted by Gasteiger charge is 2.20. The molecule has 0 aliphatic heterocycles. The molecule has 0 spiro atoms. The third-order valence-electron chi connectivity index (χ3n) is 2.31. The van der Waals surface area contributed by atoms with Gasteiger partial charge in [0.05, 0.1) is 6.10 Å². The van der Waals surface area contributed by atoms with Crippen molar-refractivity contribution in [3.8, 4) is 0 Å². The smallest absolute Gasteiger partial charge is 0.328 e. The zero-order chi connectivity index (χ0) is 11.7. The zero-order valence-corrected chi connectivity index (χ0v) is 10.7. The van der Waals surface area contributed by atoms with Crippen LogP contribution in [0.3, 0.4) is 0 Å². The van der Waals surface area contributed by atoms with Gasteiger partial charge in [0.1, 0.15) is 0 Å². The molecule has 2 atom stereocenters. The maximum absolute atomic E-state index is 11.5. The number of hydrogen-bond acceptors (Lipinski definition) is 3. The summed E-state index contributed by atoms with van der Waals surface area (Å²) in [4.78, 5) is 9.48. The summed E-state index contributed by atoms with van der Waals surface area (Å²) in [6.45, 7) is 4.45. The number of unbranched alkanes of at least 4 members (excludes halogenated alkanes) is 3. The van der Waals surface area contributed by atoms with E-state index in [1.165, 1.54) is 0 Å². The minimum Gasteiger partial charge on any atom is -0.330 e. The molecule has 0 aliphatic carbocycles. The average molecular weight is 237 g/mol. The SMILES string of the molecule is CCC(C)OP(=O)(O)CCCCCCN. The topological polar surface area (TPSA) is 72.5 Å². The van der Waals surface area contributed by atoms with Gasteiger partial charge in [0.25, 0.3) is 0 Å². The monoisotopic (exact) mass is 237 g/mol. The Kier molecular flexibility index (Phi) is 8.34. The highest BCUT2D eigenvalue weighted by atomic mass is 31.2. The van der Waals surface area contributed by atoms with Crippen LogP contribution in [0.4, 0.5) is 0 Å². The molecule has 0 heterocycles. The molecule has 0 radical (unpaired) electrons. The first-order valence-corrected chi connectivity index (χ1v) is 7.48. The molecule has 2 unspecified atom stereocenters. The van der Waals surface area contributed by atoms with Gasteiger partial charge in [-0.15, -0.1) is 0 Å². The van der Waals surface area contributed by atoms with Crippen molar-refractivity contribution in [2.45, 2.75) is 52.1 Å². The van der Waals surface area contributed by atoms with Gasteiger partial charge in [-0.2, -0.15) is 0 Å². The fourth-order valence-electron chi connectivity index (χ4n) is 1.22. The first kappa shape index (κ1) is 15.1. The Bertz CT molecular complexity index is 199. The van der Waals surface area contributed by atoms with Crippen LogP contribution >= 0.6 is 7.60 Å². The third-order valence-corrected chi connectivity index (χ3v) is 3.89. The Morgan fingerprint density at radius 1 is 1.33 bits per heavy atom. The van der Waals surface area contributed by atoms with Crippen LogP contribution < -0.4 is 5.73 Å². The van der Waals surface area contributed by atoms with Crippen LogP contribution in [-0.2, 0) is 9.09 Å². The van der Waals surface area contributed by atoms with Gasteiger partial charge in [0, 0.05) is 6.16 Å². The van der Waals surface area contributed by atoms with Gasteiger partial charge in [0.2, 0.25) is 0 Å². The largest absolute Gasteiger partial charge is 0.330 e. The lowest BCUT2D eigenvalue weighted by Gasteiger charge is -2.16. The average Bonchev–Trinajstić information content (AvgIpc) is 2.16. The molecular formula is C10H24NO3P. The summed E-state index contributed by atoms with van der Waals surface area (Å²) in [6.07, 6.45) is 4.60. The van der Waals surface area contributed by atoms with Crippen molar-refractivity contribution in [1.82, 2.24) is 0 Å². The van der Waals surface area contributed by atoms with Crippen molar-refractivity contribution < 1.29 is 14.0 Å². The van der Waals surface area contributed by atoms with Crippen LogP contribution in [0.1, 0.15) is 46.0 Å². The maximum Gasteiger partial charge on any atom is 0.328 e. The Morgan fingerprint density at radius 3 is 2.47 bits per heavy atom. The van der Waals surface area contributed by atoms with Crippen molar-refractivity contribution in [2.24, 2.45) is 5.73 Å². The van der Waals surface area contributed by atoms with E-state index in [0.29, 0.717) is 6.54 Å². The first-order chi connectivity index (χ1) is 7.02. The van der Waals surface area contributed by atoms with Gasteiger partial charge >= 0.3 is 7.60 Å². The van der Waals surface area contributed by atoms with Crippen LogP contribution in [0.15, 0.2) is 0 Å². The molecule has 0 aromatic heterocycles. The summed E-state index contributed by atoms with van der Waals surface area (Å²) in [7, 11) is -3.35. The summed E-state index contributed by atoms with van der Waals surface area (Å²) < 4.78 is 16.6. The predicted molar refractivity (Wildman–Crippen MR) is 63.1 cm³/mol. The van der Waals surface area contributed by atoms with Crippen LogP contribution in [0.2, 0.25) is 0 Å². The summed E-state index contributed by atoms with van der Waals surface area (Å²) >= 11 is 0. The Hall–Kier alpha value is 0.110. The maximum atomic E-state index is 11.5. The zero-order valence-electron chi connectivity index (χ0n) is 9.82. The Balaban J connectivity index is 3.60. The molecule has 0 aromatic carbocycles. The van der Waals surface area contributed by atoms with Gasteiger partial charge in [-0.05, 0) is 32.7 Å². The third kappa shape index (κ3) is 9.06. The van der Waals surface area contributed by atoms with Crippen molar-refractivity contribution in [2.75, 3.05) is 12.7 Å². The van der Waals surface area contributed by atoms with Crippen molar-refractivity contribution in [3.63, 3.8) is 0 Å². The lowest BCUT2D eigenvalue weighted by molar-refractivity contribution is 0.185. The summed E-state index contributed by atoms with van der Waals surface area (Å²) in [5.74, 6) is 0. The molecule has 0 aliphatic rings. The molecule has 0 saturated heterocycles. The van der Waals surface area contributed by atoms with E-state index in [9.17, 15) is 9.46 Å². The second kappa shape index (κ2) is 8.28. The molecule has 0 aromatic rings. The van der Waals surface area contributed by atoms with E-state index in [2.05, 4.69) is 0 Å². The van der Waals surface area contributed by atoms with E-state index in [-0.39, 0.29) is 12.3 Å². The quantitative estimate of drug-likeness (QED) is 0.477. The van der Waals surface area contributed by atoms with Gasteiger partial charge in [-0.1, -0.05) is 19.8 Å². The van der Waals surface area contributed by atoms with E-state index in [1.54, 1.807) is 0 Å². The van der Waals surface area contributed by atoms with E-state index in [4.69, 9.17) is 10.3 Å². The van der Waals surface area contributed by atoms with E-state index >= 15 is 0 Å². The molecule has 0 fully saturated rings. The van der Waals surface area contributed by atoms with E-state index in [1.807, 2.05) is 13.8 Å². The lowest BCUT2D eigenvalue weighted by Crippen LogP contribution is -2.06. The number of nitrogens with two attached hydrogens (primary N) is 1. The van der Waals surface area contributed by atoms with E-state index < -0.39 is 7.60 Å². The molecule has 0 saturated carbocycles. The van der Waals surface area contributed by atoms with Crippen LogP contribution in [0.5, 0.6) is 0 Å². The van der Waals surface area contributed by atoms with E-state index in [0.717, 1.165) is 32.1 Å². The fourth-order valence-corrected chi connectivity index (χ4v) is 2.66. The molecular weight excluding hydrogens is 213 g/mol. The molecule has 3 N–H and O–H groups in total. The lowest BCUT2D eigenvalue weighted by atomic mass is 10.2. The summed E-state index contributed by atoms with van der Waals surface area (Å²) in [5, 5.41) is 0. The van der Waals surface area contributed by atoms with Gasteiger partial charge in [-0.3, -0.25) is 4.57 Å². The second-order valence-electron chi connectivity index (χ2n) is 3.89. The van der Waals surface area contributed by atoms with Crippen LogP contribution in [-0.4, -0.2) is 23.7 Å². The molecule has 0 bridgehead atoms.